The maximum absolute atomic E-state index is 0. The van der Waals surface area contributed by atoms with Crippen LogP contribution in [-0.2, 0) is 0 Å². The van der Waals surface area contributed by atoms with E-state index in [1.165, 1.54) is 0 Å². The van der Waals surface area contributed by atoms with Crippen LogP contribution >= 0.6 is 0 Å². The van der Waals surface area contributed by atoms with E-state index in [-0.39, 0.29) is 86.3 Å². The Labute approximate surface area is 84.4 Å². The molecule has 0 saturated heterocycles. The zero-order chi connectivity index (χ0) is 0. The molecule has 0 aromatic carbocycles. The minimum Gasteiger partial charge on any atom is -1.00 e. The summed E-state index contributed by atoms with van der Waals surface area (Å²) in [6, 6.07) is 0. The second-order valence-corrected chi connectivity index (χ2v) is 0. The Morgan fingerprint density at radius 1 is 0.750 bits per heavy atom. The quantitative estimate of drug-likeness (QED) is 0.277. The van der Waals surface area contributed by atoms with Gasteiger partial charge >= 0.3 is 51.4 Å². The van der Waals surface area contributed by atoms with Crippen LogP contribution in [0.5, 0.6) is 0 Å². The Bertz CT molecular complexity index is 6.00. The van der Waals surface area contributed by atoms with Crippen molar-refractivity contribution in [2.45, 2.75) is 0 Å². The largest absolute Gasteiger partial charge is 1.00 e. The molecule has 4 heavy (non-hydrogen) atoms. The molecule has 0 heterocycles. The standard InChI is InChI=1S/HI.K.2H2O/h1H;;2*1H2/q;+1;;/p-1. The van der Waals surface area contributed by atoms with Crippen molar-refractivity contribution < 1.29 is 86.3 Å². The molecule has 0 aromatic rings. The van der Waals surface area contributed by atoms with Crippen LogP contribution in [-0.4, -0.2) is 11.0 Å². The van der Waals surface area contributed by atoms with Gasteiger partial charge in [-0.05, 0) is 0 Å². The molecule has 2 nitrogen and oxygen atoms in total. The molecule has 0 aliphatic carbocycles. The Morgan fingerprint density at radius 2 is 0.750 bits per heavy atom. The third-order valence-electron chi connectivity index (χ3n) is 0. The number of hydrogen-bond acceptors (Lipinski definition) is 0. The summed E-state index contributed by atoms with van der Waals surface area (Å²) in [6.07, 6.45) is 0. The predicted molar refractivity (Wildman–Crippen MR) is 7.23 cm³/mol. The van der Waals surface area contributed by atoms with Crippen molar-refractivity contribution in [2.75, 3.05) is 0 Å². The van der Waals surface area contributed by atoms with E-state index in [4.69, 9.17) is 0 Å². The normalized spacial score (nSPS) is 0. The van der Waals surface area contributed by atoms with Crippen molar-refractivity contribution in [3.63, 3.8) is 0 Å². The maximum atomic E-state index is 0. The van der Waals surface area contributed by atoms with Crippen molar-refractivity contribution >= 4 is 0 Å². The van der Waals surface area contributed by atoms with E-state index >= 15 is 0 Å². The molecule has 0 rings (SSSR count). The first-order valence-corrected chi connectivity index (χ1v) is 0. The fourth-order valence-electron chi connectivity index (χ4n) is 0. The first kappa shape index (κ1) is 33.6. The monoisotopic (exact) mass is 202 g/mol. The van der Waals surface area contributed by atoms with Crippen molar-refractivity contribution in [2.24, 2.45) is 0 Å². The van der Waals surface area contributed by atoms with Gasteiger partial charge in [-0.3, -0.25) is 0 Å². The Balaban J connectivity index is 0. The third kappa shape index (κ3) is 8.86. The van der Waals surface area contributed by atoms with Gasteiger partial charge in [0.25, 0.3) is 0 Å². The Morgan fingerprint density at radius 3 is 0.750 bits per heavy atom. The van der Waals surface area contributed by atoms with Crippen LogP contribution < -0.4 is 75.4 Å². The van der Waals surface area contributed by atoms with Gasteiger partial charge in [-0.2, -0.15) is 0 Å². The minimum absolute atomic E-state index is 0. The Kier molecular flexibility index (Phi) is 156. The first-order valence-electron chi connectivity index (χ1n) is 0. The van der Waals surface area contributed by atoms with E-state index in [0.717, 1.165) is 0 Å². The van der Waals surface area contributed by atoms with Gasteiger partial charge in [0, 0.05) is 0 Å². The van der Waals surface area contributed by atoms with Crippen LogP contribution in [0.25, 0.3) is 0 Å². The SMILES string of the molecule is O.O.[I-].[K+]. The van der Waals surface area contributed by atoms with Crippen LogP contribution in [0.1, 0.15) is 0 Å². The minimum atomic E-state index is 0. The van der Waals surface area contributed by atoms with Crippen LogP contribution in [0.4, 0.5) is 0 Å². The average Bonchev–Trinajstić information content (AvgIpc) is 0. The second-order valence-electron chi connectivity index (χ2n) is 0. The topological polar surface area (TPSA) is 63.0 Å². The van der Waals surface area contributed by atoms with Gasteiger partial charge in [0.2, 0.25) is 0 Å². The van der Waals surface area contributed by atoms with E-state index in [1.807, 2.05) is 0 Å². The van der Waals surface area contributed by atoms with Crippen LogP contribution in [0.2, 0.25) is 0 Å². The molecule has 0 spiro atoms. The van der Waals surface area contributed by atoms with Gasteiger partial charge in [-0.25, -0.2) is 0 Å². The summed E-state index contributed by atoms with van der Waals surface area (Å²) in [5.74, 6) is 0. The molecule has 0 unspecified atom stereocenters. The summed E-state index contributed by atoms with van der Waals surface area (Å²) >= 11 is 0. The van der Waals surface area contributed by atoms with E-state index in [9.17, 15) is 0 Å². The van der Waals surface area contributed by atoms with Gasteiger partial charge in [0.05, 0.1) is 0 Å². The first-order chi connectivity index (χ1) is 0. The summed E-state index contributed by atoms with van der Waals surface area (Å²) < 4.78 is 0. The zero-order valence-electron chi connectivity index (χ0n) is 2.38. The molecule has 0 radical (unpaired) electrons. The van der Waals surface area contributed by atoms with Crippen LogP contribution in [0.3, 0.4) is 0 Å². The van der Waals surface area contributed by atoms with Gasteiger partial charge in [0.1, 0.15) is 0 Å². The summed E-state index contributed by atoms with van der Waals surface area (Å²) in [4.78, 5) is 0. The smallest absolute Gasteiger partial charge is 1.00 e. The van der Waals surface area contributed by atoms with Crippen LogP contribution in [0.15, 0.2) is 0 Å². The average molecular weight is 202 g/mol. The Hall–Kier alpha value is 2.29. The molecule has 0 aromatic heterocycles. The fourth-order valence-corrected chi connectivity index (χ4v) is 0. The van der Waals surface area contributed by atoms with Crippen LogP contribution in [0, 0.1) is 0 Å². The van der Waals surface area contributed by atoms with Crippen molar-refractivity contribution in [3.05, 3.63) is 0 Å². The summed E-state index contributed by atoms with van der Waals surface area (Å²) in [7, 11) is 0. The van der Waals surface area contributed by atoms with Crippen molar-refractivity contribution in [1.82, 2.24) is 0 Å². The van der Waals surface area contributed by atoms with Gasteiger partial charge in [-0.15, -0.1) is 0 Å². The molecule has 0 atom stereocenters. The molecule has 0 fully saturated rings. The molecular formula is H4IKO2. The van der Waals surface area contributed by atoms with Gasteiger partial charge in [0.15, 0.2) is 0 Å². The van der Waals surface area contributed by atoms with E-state index in [2.05, 4.69) is 0 Å². The van der Waals surface area contributed by atoms with Crippen molar-refractivity contribution in [3.8, 4) is 0 Å². The molecule has 4 heteroatoms. The summed E-state index contributed by atoms with van der Waals surface area (Å²) in [5, 5.41) is 0. The number of halogens is 1. The zero-order valence-corrected chi connectivity index (χ0v) is 7.66. The second kappa shape index (κ2) is 18.6. The van der Waals surface area contributed by atoms with E-state index in [1.54, 1.807) is 0 Å². The molecule has 0 aliphatic rings. The van der Waals surface area contributed by atoms with E-state index in [0.29, 0.717) is 0 Å². The number of hydrogen-bond donors (Lipinski definition) is 0. The molecule has 4 N–H and O–H groups in total. The van der Waals surface area contributed by atoms with Crippen molar-refractivity contribution in [1.29, 1.82) is 0 Å². The molecule has 0 aliphatic heterocycles. The molecular weight excluding hydrogens is 198 g/mol. The predicted octanol–water partition coefficient (Wildman–Crippen LogP) is -7.64. The van der Waals surface area contributed by atoms with Gasteiger partial charge < -0.3 is 34.9 Å². The maximum Gasteiger partial charge on any atom is 1.00 e. The summed E-state index contributed by atoms with van der Waals surface area (Å²) in [6.45, 7) is 0. The van der Waals surface area contributed by atoms with E-state index < -0.39 is 0 Å². The fraction of sp³-hybridized carbons (Fsp3) is 0. The summed E-state index contributed by atoms with van der Waals surface area (Å²) in [5.41, 5.74) is 0. The third-order valence-corrected chi connectivity index (χ3v) is 0. The molecule has 0 amide bonds. The van der Waals surface area contributed by atoms with Gasteiger partial charge in [-0.1, -0.05) is 0 Å². The number of rotatable bonds is 0. The molecule has 24 valence electrons. The molecule has 0 saturated carbocycles. The molecule has 0 bridgehead atoms.